The van der Waals surface area contributed by atoms with Gasteiger partial charge in [-0.2, -0.15) is 0 Å². The molecule has 0 aliphatic carbocycles. The average Bonchev–Trinajstić information content (AvgIpc) is 2.32. The van der Waals surface area contributed by atoms with Crippen molar-refractivity contribution in [2.24, 2.45) is 0 Å². The minimum atomic E-state index is -0.566. The van der Waals surface area contributed by atoms with Gasteiger partial charge in [-0.1, -0.05) is 0 Å². The first-order valence-electron chi connectivity index (χ1n) is 5.33. The molecule has 2 rings (SSSR count). The van der Waals surface area contributed by atoms with Crippen LogP contribution >= 0.6 is 0 Å². The standard InChI is InChI=1S/C13H10F2N2O/c1-8(18)6-13-16-5-4-12(17-13)10-7-9(14)2-3-11(10)15/h2-5,7H,6H2,1H3. The topological polar surface area (TPSA) is 42.9 Å². The van der Waals surface area contributed by atoms with Crippen molar-refractivity contribution in [1.29, 1.82) is 0 Å². The highest BCUT2D eigenvalue weighted by molar-refractivity contribution is 5.77. The lowest BCUT2D eigenvalue weighted by atomic mass is 10.1. The van der Waals surface area contributed by atoms with Crippen molar-refractivity contribution in [3.05, 3.63) is 47.9 Å². The van der Waals surface area contributed by atoms with E-state index < -0.39 is 11.6 Å². The number of hydrogen-bond acceptors (Lipinski definition) is 3. The van der Waals surface area contributed by atoms with Crippen LogP contribution in [0.15, 0.2) is 30.5 Å². The van der Waals surface area contributed by atoms with Gasteiger partial charge in [0.2, 0.25) is 0 Å². The van der Waals surface area contributed by atoms with Crippen LogP contribution in [0.5, 0.6) is 0 Å². The number of carbonyl (C=O) groups is 1. The third-order valence-corrected chi connectivity index (χ3v) is 2.32. The summed E-state index contributed by atoms with van der Waals surface area (Å²) in [7, 11) is 0. The summed E-state index contributed by atoms with van der Waals surface area (Å²) >= 11 is 0. The van der Waals surface area contributed by atoms with Crippen molar-refractivity contribution in [2.45, 2.75) is 13.3 Å². The van der Waals surface area contributed by atoms with Crippen LogP contribution in [0.4, 0.5) is 8.78 Å². The zero-order valence-electron chi connectivity index (χ0n) is 9.65. The molecule has 0 radical (unpaired) electrons. The molecule has 0 saturated heterocycles. The Morgan fingerprint density at radius 2 is 2.06 bits per heavy atom. The Kier molecular flexibility index (Phi) is 3.41. The number of Topliss-reactive ketones (excluding diaryl/α,β-unsaturated/α-hetero) is 1. The number of benzene rings is 1. The second-order valence-electron chi connectivity index (χ2n) is 3.86. The molecule has 0 bridgehead atoms. The van der Waals surface area contributed by atoms with Gasteiger partial charge in [-0.05, 0) is 31.2 Å². The zero-order chi connectivity index (χ0) is 13.1. The van der Waals surface area contributed by atoms with Crippen molar-refractivity contribution in [1.82, 2.24) is 9.97 Å². The monoisotopic (exact) mass is 248 g/mol. The summed E-state index contributed by atoms with van der Waals surface area (Å²) < 4.78 is 26.6. The van der Waals surface area contributed by atoms with E-state index in [2.05, 4.69) is 9.97 Å². The van der Waals surface area contributed by atoms with Gasteiger partial charge in [0.15, 0.2) is 0 Å². The lowest BCUT2D eigenvalue weighted by molar-refractivity contribution is -0.116. The number of carbonyl (C=O) groups excluding carboxylic acids is 1. The third kappa shape index (κ3) is 2.74. The Hall–Kier alpha value is -2.17. The normalized spacial score (nSPS) is 10.4. The summed E-state index contributed by atoms with van der Waals surface area (Å²) in [5, 5.41) is 0. The number of nitrogens with zero attached hydrogens (tertiary/aromatic N) is 2. The summed E-state index contributed by atoms with van der Waals surface area (Å²) in [5.74, 6) is -0.905. The quantitative estimate of drug-likeness (QED) is 0.838. The minimum absolute atomic E-state index is 0.0576. The highest BCUT2D eigenvalue weighted by Crippen LogP contribution is 2.21. The lowest BCUT2D eigenvalue weighted by Gasteiger charge is -2.04. The van der Waals surface area contributed by atoms with Gasteiger partial charge in [0.05, 0.1) is 12.1 Å². The molecule has 0 spiro atoms. The Bertz CT molecular complexity index is 599. The predicted octanol–water partition coefficient (Wildman–Crippen LogP) is 2.55. The zero-order valence-corrected chi connectivity index (χ0v) is 9.65. The molecule has 0 aliphatic heterocycles. The second-order valence-corrected chi connectivity index (χ2v) is 3.86. The van der Waals surface area contributed by atoms with Crippen LogP contribution in [0.3, 0.4) is 0 Å². The fraction of sp³-hybridized carbons (Fsp3) is 0.154. The predicted molar refractivity (Wildman–Crippen MR) is 61.8 cm³/mol. The number of halogens is 2. The van der Waals surface area contributed by atoms with E-state index in [4.69, 9.17) is 0 Å². The van der Waals surface area contributed by atoms with Gasteiger partial charge in [0, 0.05) is 11.8 Å². The van der Waals surface area contributed by atoms with Crippen molar-refractivity contribution in [3.63, 3.8) is 0 Å². The summed E-state index contributed by atoms with van der Waals surface area (Å²) in [6.45, 7) is 1.42. The first-order chi connectivity index (χ1) is 8.56. The van der Waals surface area contributed by atoms with Gasteiger partial charge >= 0.3 is 0 Å². The molecule has 0 aliphatic rings. The minimum Gasteiger partial charge on any atom is -0.300 e. The Balaban J connectivity index is 2.44. The first-order valence-corrected chi connectivity index (χ1v) is 5.33. The van der Waals surface area contributed by atoms with Crippen LogP contribution in [-0.2, 0) is 11.2 Å². The van der Waals surface area contributed by atoms with Crippen molar-refractivity contribution < 1.29 is 13.6 Å². The first kappa shape index (κ1) is 12.3. The van der Waals surface area contributed by atoms with Crippen LogP contribution in [0.25, 0.3) is 11.3 Å². The maximum Gasteiger partial charge on any atom is 0.137 e. The molecule has 0 unspecified atom stereocenters. The molecule has 3 nitrogen and oxygen atoms in total. The van der Waals surface area contributed by atoms with Gasteiger partial charge in [0.25, 0.3) is 0 Å². The molecule has 1 aromatic carbocycles. The molecule has 0 fully saturated rings. The summed E-state index contributed by atoms with van der Waals surface area (Å²) in [5.41, 5.74) is 0.320. The molecule has 5 heteroatoms. The van der Waals surface area contributed by atoms with E-state index in [1.54, 1.807) is 0 Å². The molecule has 0 N–H and O–H groups in total. The Morgan fingerprint density at radius 1 is 1.28 bits per heavy atom. The number of hydrogen-bond donors (Lipinski definition) is 0. The smallest absolute Gasteiger partial charge is 0.137 e. The number of ketones is 1. The summed E-state index contributed by atoms with van der Waals surface area (Å²) in [4.78, 5) is 18.9. The molecule has 2 aromatic rings. The molecular weight excluding hydrogens is 238 g/mol. The molecule has 0 saturated carbocycles. The van der Waals surface area contributed by atoms with E-state index in [9.17, 15) is 13.6 Å². The summed E-state index contributed by atoms with van der Waals surface area (Å²) in [6.07, 6.45) is 1.50. The fourth-order valence-corrected chi connectivity index (χ4v) is 1.55. The summed E-state index contributed by atoms with van der Waals surface area (Å²) in [6, 6.07) is 4.62. The molecule has 18 heavy (non-hydrogen) atoms. The van der Waals surface area contributed by atoms with E-state index in [0.717, 1.165) is 18.2 Å². The van der Waals surface area contributed by atoms with Gasteiger partial charge in [-0.15, -0.1) is 0 Å². The van der Waals surface area contributed by atoms with Crippen molar-refractivity contribution in [3.8, 4) is 11.3 Å². The maximum absolute atomic E-state index is 13.6. The van der Waals surface area contributed by atoms with Crippen LogP contribution in [-0.4, -0.2) is 15.8 Å². The van der Waals surface area contributed by atoms with Gasteiger partial charge in [-0.25, -0.2) is 18.7 Å². The molecular formula is C13H10F2N2O. The van der Waals surface area contributed by atoms with E-state index in [1.165, 1.54) is 19.2 Å². The number of rotatable bonds is 3. The van der Waals surface area contributed by atoms with Crippen LogP contribution < -0.4 is 0 Å². The molecule has 1 aromatic heterocycles. The van der Waals surface area contributed by atoms with E-state index in [-0.39, 0.29) is 23.5 Å². The average molecular weight is 248 g/mol. The van der Waals surface area contributed by atoms with Gasteiger partial charge in [-0.3, -0.25) is 4.79 Å². The largest absolute Gasteiger partial charge is 0.300 e. The Morgan fingerprint density at radius 3 is 2.78 bits per heavy atom. The Labute approximate surface area is 103 Å². The maximum atomic E-state index is 13.6. The van der Waals surface area contributed by atoms with Crippen molar-refractivity contribution in [2.75, 3.05) is 0 Å². The highest BCUT2D eigenvalue weighted by Gasteiger charge is 2.09. The van der Waals surface area contributed by atoms with Gasteiger partial charge < -0.3 is 0 Å². The fourth-order valence-electron chi connectivity index (χ4n) is 1.55. The lowest BCUT2D eigenvalue weighted by Crippen LogP contribution is -2.03. The van der Waals surface area contributed by atoms with E-state index >= 15 is 0 Å². The molecule has 0 atom stereocenters. The third-order valence-electron chi connectivity index (χ3n) is 2.32. The highest BCUT2D eigenvalue weighted by atomic mass is 19.1. The van der Waals surface area contributed by atoms with Crippen LogP contribution in [0.2, 0.25) is 0 Å². The molecule has 92 valence electrons. The van der Waals surface area contributed by atoms with Crippen LogP contribution in [0, 0.1) is 11.6 Å². The van der Waals surface area contributed by atoms with Crippen molar-refractivity contribution >= 4 is 5.78 Å². The van der Waals surface area contributed by atoms with Crippen LogP contribution in [0.1, 0.15) is 12.7 Å². The molecule has 0 amide bonds. The van der Waals surface area contributed by atoms with E-state index in [1.807, 2.05) is 0 Å². The number of aromatic nitrogens is 2. The second kappa shape index (κ2) is 5.00. The SMILES string of the molecule is CC(=O)Cc1nccc(-c2cc(F)ccc2F)n1. The van der Waals surface area contributed by atoms with Gasteiger partial charge in [0.1, 0.15) is 23.2 Å². The van der Waals surface area contributed by atoms with E-state index in [0.29, 0.717) is 5.82 Å². The molecule has 1 heterocycles.